The lowest BCUT2D eigenvalue weighted by Gasteiger charge is -2.06. The van der Waals surface area contributed by atoms with Crippen molar-refractivity contribution in [3.63, 3.8) is 0 Å². The third kappa shape index (κ3) is 2.76. The predicted octanol–water partition coefficient (Wildman–Crippen LogP) is 2.91. The van der Waals surface area contributed by atoms with Crippen LogP contribution in [-0.2, 0) is 9.05 Å². The number of hydrogen-bond acceptors (Lipinski definition) is 3. The van der Waals surface area contributed by atoms with Crippen molar-refractivity contribution in [2.24, 2.45) is 0 Å². The molecule has 0 spiro atoms. The molecule has 84 valence electrons. The highest BCUT2D eigenvalue weighted by Gasteiger charge is 2.21. The van der Waals surface area contributed by atoms with Gasteiger partial charge in [0.1, 0.15) is 10.6 Å². The van der Waals surface area contributed by atoms with E-state index < -0.39 is 26.2 Å². The normalized spacial score (nSPS) is 12.1. The number of aryl methyl sites for hydroxylation is 1. The molecule has 3 nitrogen and oxygen atoms in total. The third-order valence-corrected chi connectivity index (χ3v) is 3.36. The highest BCUT2D eigenvalue weighted by atomic mass is 35.7. The van der Waals surface area contributed by atoms with Crippen molar-refractivity contribution in [1.82, 2.24) is 4.98 Å². The van der Waals surface area contributed by atoms with Gasteiger partial charge in [-0.1, -0.05) is 11.6 Å². The molecule has 1 aromatic rings. The Kier molecular flexibility index (Phi) is 3.52. The summed E-state index contributed by atoms with van der Waals surface area (Å²) in [5.41, 5.74) is -0.761. The Bertz CT molecular complexity index is 490. The molecule has 0 unspecified atom stereocenters. The minimum atomic E-state index is -4.02. The molecule has 15 heavy (non-hydrogen) atoms. The van der Waals surface area contributed by atoms with Gasteiger partial charge in [-0.05, 0) is 13.0 Å². The van der Waals surface area contributed by atoms with Gasteiger partial charge in [0.2, 0.25) is 0 Å². The molecule has 1 heterocycles. The van der Waals surface area contributed by atoms with Crippen LogP contribution in [0.1, 0.15) is 17.8 Å². The molecule has 8 heteroatoms. The molecular formula is C7H5Cl2F2NO2S. The van der Waals surface area contributed by atoms with Crippen molar-refractivity contribution in [2.75, 3.05) is 0 Å². The molecule has 0 aliphatic heterocycles. The Labute approximate surface area is 94.4 Å². The number of rotatable bonds is 2. The molecule has 0 saturated heterocycles. The van der Waals surface area contributed by atoms with Crippen molar-refractivity contribution in [2.45, 2.75) is 18.2 Å². The summed E-state index contributed by atoms with van der Waals surface area (Å²) < 4.78 is 46.5. The van der Waals surface area contributed by atoms with Gasteiger partial charge in [0.05, 0.1) is 10.7 Å². The van der Waals surface area contributed by atoms with Crippen LogP contribution < -0.4 is 0 Å². The first kappa shape index (κ1) is 12.6. The quantitative estimate of drug-likeness (QED) is 0.780. The molecule has 1 rings (SSSR count). The Morgan fingerprint density at radius 2 is 2.00 bits per heavy atom. The van der Waals surface area contributed by atoms with E-state index in [1.54, 1.807) is 0 Å². The van der Waals surface area contributed by atoms with E-state index in [0.717, 1.165) is 6.07 Å². The van der Waals surface area contributed by atoms with E-state index >= 15 is 0 Å². The van der Waals surface area contributed by atoms with Crippen LogP contribution in [0.25, 0.3) is 0 Å². The first-order valence-electron chi connectivity index (χ1n) is 3.63. The minimum Gasteiger partial charge on any atom is -0.249 e. The molecule has 0 aromatic carbocycles. The van der Waals surface area contributed by atoms with E-state index in [0.29, 0.717) is 0 Å². The third-order valence-electron chi connectivity index (χ3n) is 1.62. The summed E-state index contributed by atoms with van der Waals surface area (Å²) in [5.74, 6) is 0. The van der Waals surface area contributed by atoms with Gasteiger partial charge in [-0.3, -0.25) is 0 Å². The zero-order valence-corrected chi connectivity index (χ0v) is 9.67. The van der Waals surface area contributed by atoms with Gasteiger partial charge in [0.15, 0.2) is 0 Å². The second-order valence-corrected chi connectivity index (χ2v) is 5.62. The molecule has 0 N–H and O–H groups in total. The van der Waals surface area contributed by atoms with Crippen molar-refractivity contribution < 1.29 is 17.2 Å². The van der Waals surface area contributed by atoms with Gasteiger partial charge in [-0.15, -0.1) is 0 Å². The molecule has 0 saturated carbocycles. The van der Waals surface area contributed by atoms with Crippen molar-refractivity contribution in [3.8, 4) is 0 Å². The van der Waals surface area contributed by atoms with E-state index in [1.807, 2.05) is 0 Å². The molecule has 0 fully saturated rings. The second kappa shape index (κ2) is 4.19. The average molecular weight is 276 g/mol. The van der Waals surface area contributed by atoms with Crippen molar-refractivity contribution in [3.05, 3.63) is 22.5 Å². The Balaban J connectivity index is 3.46. The molecular weight excluding hydrogens is 271 g/mol. The predicted molar refractivity (Wildman–Crippen MR) is 52.0 cm³/mol. The fourth-order valence-electron chi connectivity index (χ4n) is 0.983. The van der Waals surface area contributed by atoms with E-state index in [4.69, 9.17) is 22.3 Å². The number of nitrogens with zero attached hydrogens (tertiary/aromatic N) is 1. The topological polar surface area (TPSA) is 47.0 Å². The lowest BCUT2D eigenvalue weighted by atomic mass is 10.3. The Morgan fingerprint density at radius 1 is 1.47 bits per heavy atom. The summed E-state index contributed by atoms with van der Waals surface area (Å²) >= 11 is 5.44. The van der Waals surface area contributed by atoms with Gasteiger partial charge in [-0.2, -0.15) is 0 Å². The van der Waals surface area contributed by atoms with Crippen LogP contribution in [0.5, 0.6) is 0 Å². The molecule has 0 aliphatic rings. The summed E-state index contributed by atoms with van der Waals surface area (Å²) in [7, 11) is 1.04. The number of halogens is 4. The zero-order valence-electron chi connectivity index (χ0n) is 7.34. The number of pyridine rings is 1. The van der Waals surface area contributed by atoms with Crippen LogP contribution >= 0.6 is 22.3 Å². The van der Waals surface area contributed by atoms with Crippen molar-refractivity contribution in [1.29, 1.82) is 0 Å². The van der Waals surface area contributed by atoms with Gasteiger partial charge in [0.25, 0.3) is 15.5 Å². The molecule has 0 aliphatic carbocycles. The summed E-state index contributed by atoms with van der Waals surface area (Å²) in [6.45, 7) is 1.26. The van der Waals surface area contributed by atoms with E-state index in [1.165, 1.54) is 6.92 Å². The first-order chi connectivity index (χ1) is 6.73. The fourth-order valence-corrected chi connectivity index (χ4v) is 2.41. The van der Waals surface area contributed by atoms with Crippen molar-refractivity contribution >= 4 is 31.3 Å². The number of aromatic nitrogens is 1. The fraction of sp³-hybridized carbons (Fsp3) is 0.286. The maximum Gasteiger partial charge on any atom is 0.281 e. The monoisotopic (exact) mass is 275 g/mol. The highest BCUT2D eigenvalue weighted by Crippen LogP contribution is 2.29. The standard InChI is InChI=1S/C7H5Cl2F2NO2S/c1-3-5(15(9,13)14)2-4(8)6(12-3)7(10)11/h2,7H,1H3. The molecule has 0 atom stereocenters. The maximum atomic E-state index is 12.3. The molecule has 0 radical (unpaired) electrons. The summed E-state index contributed by atoms with van der Waals surface area (Å²) in [5, 5.41) is -0.421. The van der Waals surface area contributed by atoms with Crippen LogP contribution in [-0.4, -0.2) is 13.4 Å². The largest absolute Gasteiger partial charge is 0.281 e. The van der Waals surface area contributed by atoms with Gasteiger partial charge in [-0.25, -0.2) is 22.2 Å². The molecule has 1 aromatic heterocycles. The van der Waals surface area contributed by atoms with E-state index in [9.17, 15) is 17.2 Å². The van der Waals surface area contributed by atoms with Crippen LogP contribution in [0.2, 0.25) is 5.02 Å². The molecule has 0 bridgehead atoms. The van der Waals surface area contributed by atoms with Crippen LogP contribution in [0.15, 0.2) is 11.0 Å². The summed E-state index contributed by atoms with van der Waals surface area (Å²) in [4.78, 5) is 3.03. The minimum absolute atomic E-state index is 0.107. The van der Waals surface area contributed by atoms with E-state index in [-0.39, 0.29) is 10.6 Å². The summed E-state index contributed by atoms with van der Waals surface area (Å²) in [6.07, 6.45) is -2.86. The highest BCUT2D eigenvalue weighted by molar-refractivity contribution is 8.13. The maximum absolute atomic E-state index is 12.3. The van der Waals surface area contributed by atoms with E-state index in [2.05, 4.69) is 4.98 Å². The van der Waals surface area contributed by atoms with Gasteiger partial charge >= 0.3 is 0 Å². The van der Waals surface area contributed by atoms with Crippen LogP contribution in [0.4, 0.5) is 8.78 Å². The Morgan fingerprint density at radius 3 is 2.40 bits per heavy atom. The Hall–Kier alpha value is -0.460. The van der Waals surface area contributed by atoms with Gasteiger partial charge in [0, 0.05) is 10.7 Å². The lowest BCUT2D eigenvalue weighted by Crippen LogP contribution is -2.01. The first-order valence-corrected chi connectivity index (χ1v) is 6.32. The van der Waals surface area contributed by atoms with Crippen LogP contribution in [0, 0.1) is 6.92 Å². The SMILES string of the molecule is Cc1nc(C(F)F)c(Cl)cc1S(=O)(=O)Cl. The smallest absolute Gasteiger partial charge is 0.249 e. The number of alkyl halides is 2. The van der Waals surface area contributed by atoms with Crippen LogP contribution in [0.3, 0.4) is 0 Å². The molecule has 0 amide bonds. The number of hydrogen-bond donors (Lipinski definition) is 0. The van der Waals surface area contributed by atoms with Gasteiger partial charge < -0.3 is 0 Å². The second-order valence-electron chi connectivity index (χ2n) is 2.68. The summed E-state index contributed by atoms with van der Waals surface area (Å²) in [6, 6.07) is 0.869. The lowest BCUT2D eigenvalue weighted by molar-refractivity contribution is 0.146. The zero-order chi connectivity index (χ0) is 11.8. The average Bonchev–Trinajstić information content (AvgIpc) is 2.06.